The first-order valence-electron chi connectivity index (χ1n) is 7.70. The molecule has 5 nitrogen and oxygen atoms in total. The van der Waals surface area contributed by atoms with Gasteiger partial charge in [0.15, 0.2) is 0 Å². The molecule has 2 atom stereocenters. The lowest BCUT2D eigenvalue weighted by molar-refractivity contribution is -0.108. The summed E-state index contributed by atoms with van der Waals surface area (Å²) < 4.78 is 2.31. The molecule has 1 aromatic heterocycles. The predicted molar refractivity (Wildman–Crippen MR) is 76.3 cm³/mol. The SMILES string of the molecule is C[C@@]1(O)CCN(Cc2cncn2C2CCCC2)C[C@@H]1O. The fourth-order valence-corrected chi connectivity index (χ4v) is 3.42. The molecule has 1 aromatic rings. The molecule has 3 rings (SSSR count). The van der Waals surface area contributed by atoms with E-state index < -0.39 is 11.7 Å². The van der Waals surface area contributed by atoms with Gasteiger partial charge in [0.05, 0.1) is 23.7 Å². The third-order valence-corrected chi connectivity index (χ3v) is 4.93. The first-order valence-corrected chi connectivity index (χ1v) is 7.70. The molecular formula is C15H25N3O2. The lowest BCUT2D eigenvalue weighted by Crippen LogP contribution is -2.53. The number of aromatic nitrogens is 2. The second-order valence-electron chi connectivity index (χ2n) is 6.59. The van der Waals surface area contributed by atoms with E-state index in [1.807, 2.05) is 12.5 Å². The van der Waals surface area contributed by atoms with Gasteiger partial charge in [-0.3, -0.25) is 4.90 Å². The number of aliphatic hydroxyl groups excluding tert-OH is 1. The van der Waals surface area contributed by atoms with Gasteiger partial charge >= 0.3 is 0 Å². The number of aliphatic hydroxyl groups is 2. The third kappa shape index (κ3) is 2.75. The zero-order chi connectivity index (χ0) is 14.2. The van der Waals surface area contributed by atoms with Gasteiger partial charge in [0.25, 0.3) is 0 Å². The molecule has 0 unspecified atom stereocenters. The van der Waals surface area contributed by atoms with Crippen LogP contribution >= 0.6 is 0 Å². The lowest BCUT2D eigenvalue weighted by atomic mass is 9.91. The largest absolute Gasteiger partial charge is 0.389 e. The number of β-amino-alcohol motifs (C(OH)–C–C–N with tert-alkyl or cyclic N) is 1. The smallest absolute Gasteiger partial charge is 0.0951 e. The van der Waals surface area contributed by atoms with Gasteiger partial charge in [-0.05, 0) is 26.2 Å². The molecule has 0 spiro atoms. The Kier molecular flexibility index (Phi) is 3.84. The molecule has 1 aliphatic heterocycles. The maximum Gasteiger partial charge on any atom is 0.0951 e. The van der Waals surface area contributed by atoms with Crippen LogP contribution in [0.25, 0.3) is 0 Å². The second kappa shape index (κ2) is 5.47. The molecule has 2 fully saturated rings. The van der Waals surface area contributed by atoms with Crippen molar-refractivity contribution in [3.8, 4) is 0 Å². The summed E-state index contributed by atoms with van der Waals surface area (Å²) in [7, 11) is 0. The van der Waals surface area contributed by atoms with Crippen LogP contribution in [0.5, 0.6) is 0 Å². The Morgan fingerprint density at radius 2 is 2.15 bits per heavy atom. The average Bonchev–Trinajstić information content (AvgIpc) is 3.04. The van der Waals surface area contributed by atoms with Crippen molar-refractivity contribution in [2.24, 2.45) is 0 Å². The van der Waals surface area contributed by atoms with Gasteiger partial charge in [-0.25, -0.2) is 4.98 Å². The van der Waals surface area contributed by atoms with Gasteiger partial charge in [0, 0.05) is 31.9 Å². The number of nitrogens with zero attached hydrogens (tertiary/aromatic N) is 3. The molecule has 5 heteroatoms. The number of imidazole rings is 1. The van der Waals surface area contributed by atoms with Crippen molar-refractivity contribution >= 4 is 0 Å². The molecular weight excluding hydrogens is 254 g/mol. The van der Waals surface area contributed by atoms with E-state index in [1.54, 1.807) is 6.92 Å². The summed E-state index contributed by atoms with van der Waals surface area (Å²) >= 11 is 0. The molecule has 1 aliphatic carbocycles. The van der Waals surface area contributed by atoms with E-state index >= 15 is 0 Å². The Bertz CT molecular complexity index is 452. The van der Waals surface area contributed by atoms with Crippen molar-refractivity contribution < 1.29 is 10.2 Å². The van der Waals surface area contributed by atoms with E-state index in [2.05, 4.69) is 14.5 Å². The normalized spacial score (nSPS) is 32.9. The summed E-state index contributed by atoms with van der Waals surface area (Å²) in [6.07, 6.45) is 8.97. The van der Waals surface area contributed by atoms with Gasteiger partial charge in [-0.1, -0.05) is 12.8 Å². The minimum Gasteiger partial charge on any atom is -0.389 e. The van der Waals surface area contributed by atoms with Crippen LogP contribution in [-0.2, 0) is 6.54 Å². The highest BCUT2D eigenvalue weighted by molar-refractivity contribution is 5.03. The maximum absolute atomic E-state index is 10.0. The monoisotopic (exact) mass is 279 g/mol. The van der Waals surface area contributed by atoms with E-state index in [-0.39, 0.29) is 0 Å². The summed E-state index contributed by atoms with van der Waals surface area (Å²) in [5.74, 6) is 0. The zero-order valence-corrected chi connectivity index (χ0v) is 12.2. The fourth-order valence-electron chi connectivity index (χ4n) is 3.42. The van der Waals surface area contributed by atoms with E-state index in [0.717, 1.165) is 13.1 Å². The number of likely N-dealkylation sites (tertiary alicyclic amines) is 1. The highest BCUT2D eigenvalue weighted by Gasteiger charge is 2.36. The Morgan fingerprint density at radius 3 is 2.85 bits per heavy atom. The highest BCUT2D eigenvalue weighted by Crippen LogP contribution is 2.31. The number of piperidine rings is 1. The highest BCUT2D eigenvalue weighted by atomic mass is 16.3. The summed E-state index contributed by atoms with van der Waals surface area (Å²) in [4.78, 5) is 6.52. The van der Waals surface area contributed by atoms with Gasteiger partial charge in [0.1, 0.15) is 0 Å². The molecule has 112 valence electrons. The summed E-state index contributed by atoms with van der Waals surface area (Å²) in [6, 6.07) is 0.602. The van der Waals surface area contributed by atoms with Gasteiger partial charge in [0.2, 0.25) is 0 Å². The van der Waals surface area contributed by atoms with Crippen LogP contribution in [-0.4, -0.2) is 49.5 Å². The van der Waals surface area contributed by atoms with Crippen molar-refractivity contribution in [2.75, 3.05) is 13.1 Å². The topological polar surface area (TPSA) is 61.5 Å². The van der Waals surface area contributed by atoms with Crippen molar-refractivity contribution in [3.05, 3.63) is 18.2 Å². The molecule has 0 amide bonds. The Morgan fingerprint density at radius 1 is 1.40 bits per heavy atom. The lowest BCUT2D eigenvalue weighted by Gasteiger charge is -2.40. The molecule has 0 radical (unpaired) electrons. The van der Waals surface area contributed by atoms with Crippen LogP contribution in [0.3, 0.4) is 0 Å². The second-order valence-corrected chi connectivity index (χ2v) is 6.59. The number of hydrogen-bond donors (Lipinski definition) is 2. The quantitative estimate of drug-likeness (QED) is 0.876. The first kappa shape index (κ1) is 14.0. The van der Waals surface area contributed by atoms with Crippen molar-refractivity contribution in [3.63, 3.8) is 0 Å². The Hall–Kier alpha value is -0.910. The molecule has 2 N–H and O–H groups in total. The Labute approximate surface area is 120 Å². The standard InChI is InChI=1S/C15H25N3O2/c1-15(20)6-7-17(10-14(15)19)9-13-8-16-11-18(13)12-4-2-3-5-12/h8,11-12,14,19-20H,2-7,9-10H2,1H3/t14-,15+/m0/s1. The molecule has 1 saturated carbocycles. The summed E-state index contributed by atoms with van der Waals surface area (Å²) in [5, 5.41) is 20.0. The van der Waals surface area contributed by atoms with Crippen LogP contribution in [0, 0.1) is 0 Å². The summed E-state index contributed by atoms with van der Waals surface area (Å²) in [5.41, 5.74) is 0.285. The van der Waals surface area contributed by atoms with E-state index in [1.165, 1.54) is 31.4 Å². The van der Waals surface area contributed by atoms with Gasteiger partial charge < -0.3 is 14.8 Å². The van der Waals surface area contributed by atoms with Crippen LogP contribution in [0.4, 0.5) is 0 Å². The third-order valence-electron chi connectivity index (χ3n) is 4.93. The van der Waals surface area contributed by atoms with Crippen LogP contribution in [0.15, 0.2) is 12.5 Å². The molecule has 20 heavy (non-hydrogen) atoms. The summed E-state index contributed by atoms with van der Waals surface area (Å²) in [6.45, 7) is 3.88. The van der Waals surface area contributed by atoms with E-state index in [9.17, 15) is 10.2 Å². The van der Waals surface area contributed by atoms with Crippen LogP contribution in [0.2, 0.25) is 0 Å². The first-order chi connectivity index (χ1) is 9.56. The van der Waals surface area contributed by atoms with E-state index in [4.69, 9.17) is 0 Å². The van der Waals surface area contributed by atoms with E-state index in [0.29, 0.717) is 19.0 Å². The average molecular weight is 279 g/mol. The van der Waals surface area contributed by atoms with Crippen LogP contribution in [0.1, 0.15) is 50.8 Å². The maximum atomic E-state index is 10.0. The predicted octanol–water partition coefficient (Wildman–Crippen LogP) is 1.32. The fraction of sp³-hybridized carbons (Fsp3) is 0.800. The van der Waals surface area contributed by atoms with Crippen molar-refractivity contribution in [2.45, 2.75) is 63.3 Å². The van der Waals surface area contributed by atoms with Crippen molar-refractivity contribution in [1.82, 2.24) is 14.5 Å². The van der Waals surface area contributed by atoms with Gasteiger partial charge in [-0.15, -0.1) is 0 Å². The molecule has 0 bridgehead atoms. The minimum atomic E-state index is -0.942. The van der Waals surface area contributed by atoms with Crippen LogP contribution < -0.4 is 0 Å². The van der Waals surface area contributed by atoms with Gasteiger partial charge in [-0.2, -0.15) is 0 Å². The minimum absolute atomic E-state index is 0.531. The molecule has 2 aliphatic rings. The number of hydrogen-bond acceptors (Lipinski definition) is 4. The molecule has 2 heterocycles. The number of rotatable bonds is 3. The molecule has 1 saturated heterocycles. The van der Waals surface area contributed by atoms with Crippen molar-refractivity contribution in [1.29, 1.82) is 0 Å². The zero-order valence-electron chi connectivity index (χ0n) is 12.2. The Balaban J connectivity index is 1.65. The molecule has 0 aromatic carbocycles.